The summed E-state index contributed by atoms with van der Waals surface area (Å²) in [6.45, 7) is 3.15. The van der Waals surface area contributed by atoms with Crippen molar-refractivity contribution in [1.82, 2.24) is 5.16 Å². The molecule has 0 aliphatic rings. The van der Waals surface area contributed by atoms with Gasteiger partial charge in [0.1, 0.15) is 0 Å². The summed E-state index contributed by atoms with van der Waals surface area (Å²) in [6, 6.07) is 20.2. The number of aryl methyl sites for hydroxylation is 1. The third-order valence-electron chi connectivity index (χ3n) is 5.60. The number of hydrogen-bond acceptors (Lipinski definition) is 6. The minimum Gasteiger partial charge on any atom is -0.375 e. The van der Waals surface area contributed by atoms with Gasteiger partial charge in [0.05, 0.1) is 11.1 Å². The Morgan fingerprint density at radius 1 is 1.00 bits per heavy atom. The molecular formula is C26H22N2O5. The lowest BCUT2D eigenvalue weighted by Crippen LogP contribution is -2.42. The minimum absolute atomic E-state index is 0.0246. The maximum absolute atomic E-state index is 13.4. The smallest absolute Gasteiger partial charge is 0.366 e. The molecule has 2 N–H and O–H groups in total. The number of aromatic nitrogens is 1. The first kappa shape index (κ1) is 22.1. The molecule has 3 aromatic carbocycles. The molecule has 1 unspecified atom stereocenters. The van der Waals surface area contributed by atoms with Gasteiger partial charge in [-0.2, -0.15) is 0 Å². The summed E-state index contributed by atoms with van der Waals surface area (Å²) >= 11 is 0. The highest BCUT2D eigenvalue weighted by molar-refractivity contribution is 6.00. The molecule has 0 saturated carbocycles. The number of ketones is 1. The molecule has 0 saturated heterocycles. The molecule has 0 radical (unpaired) electrons. The van der Waals surface area contributed by atoms with Gasteiger partial charge in [0.2, 0.25) is 0 Å². The van der Waals surface area contributed by atoms with Crippen molar-refractivity contribution in [3.63, 3.8) is 0 Å². The Bertz CT molecular complexity index is 1390. The number of carbonyl (C=O) groups is 2. The summed E-state index contributed by atoms with van der Waals surface area (Å²) in [5.74, 6) is -0.753. The van der Waals surface area contributed by atoms with Crippen molar-refractivity contribution in [2.24, 2.45) is 0 Å². The van der Waals surface area contributed by atoms with E-state index < -0.39 is 17.1 Å². The van der Waals surface area contributed by atoms with E-state index in [1.54, 1.807) is 49.4 Å². The maximum Gasteiger partial charge on any atom is 0.366 e. The van der Waals surface area contributed by atoms with Crippen molar-refractivity contribution < 1.29 is 19.2 Å². The van der Waals surface area contributed by atoms with Crippen LogP contribution in [0.25, 0.3) is 10.8 Å². The number of nitrogens with one attached hydrogen (secondary N) is 1. The molecule has 1 aromatic heterocycles. The summed E-state index contributed by atoms with van der Waals surface area (Å²) < 4.78 is 4.74. The number of anilines is 1. The first-order chi connectivity index (χ1) is 15.8. The number of amides is 1. The van der Waals surface area contributed by atoms with E-state index in [9.17, 15) is 19.5 Å². The van der Waals surface area contributed by atoms with Crippen molar-refractivity contribution in [1.29, 1.82) is 0 Å². The van der Waals surface area contributed by atoms with Crippen LogP contribution in [-0.4, -0.2) is 22.0 Å². The van der Waals surface area contributed by atoms with Crippen LogP contribution in [0, 0.1) is 6.92 Å². The second-order valence-electron chi connectivity index (χ2n) is 7.93. The van der Waals surface area contributed by atoms with E-state index >= 15 is 0 Å². The van der Waals surface area contributed by atoms with Crippen LogP contribution in [0.1, 0.15) is 34.1 Å². The van der Waals surface area contributed by atoms with Gasteiger partial charge in [0, 0.05) is 23.1 Å². The van der Waals surface area contributed by atoms with Crippen LogP contribution in [0.2, 0.25) is 0 Å². The lowest BCUT2D eigenvalue weighted by molar-refractivity contribution is -0.135. The number of carbonyl (C=O) groups excluding carboxylic acids is 2. The van der Waals surface area contributed by atoms with Crippen LogP contribution in [0.3, 0.4) is 0 Å². The number of rotatable bonds is 6. The number of fused-ring (bicyclic) bond motifs is 1. The molecule has 0 spiro atoms. The summed E-state index contributed by atoms with van der Waals surface area (Å²) in [4.78, 5) is 37.0. The molecule has 0 fully saturated rings. The van der Waals surface area contributed by atoms with Crippen molar-refractivity contribution in [2.75, 3.05) is 5.32 Å². The van der Waals surface area contributed by atoms with Gasteiger partial charge in [0.15, 0.2) is 11.4 Å². The highest BCUT2D eigenvalue weighted by atomic mass is 16.5. The lowest BCUT2D eigenvalue weighted by Gasteiger charge is -2.28. The van der Waals surface area contributed by atoms with E-state index in [1.165, 1.54) is 6.92 Å². The Balaban J connectivity index is 1.72. The number of hydrogen-bond donors (Lipinski definition) is 2. The van der Waals surface area contributed by atoms with Crippen LogP contribution in [0.15, 0.2) is 82.1 Å². The Hall–Kier alpha value is -4.10. The molecule has 1 atom stereocenters. The normalized spacial score (nSPS) is 12.8. The van der Waals surface area contributed by atoms with Gasteiger partial charge in [-0.05, 0) is 43.2 Å². The third-order valence-corrected chi connectivity index (χ3v) is 5.60. The highest BCUT2D eigenvalue weighted by Gasteiger charge is 2.38. The molecule has 33 heavy (non-hydrogen) atoms. The molecule has 0 aliphatic heterocycles. The largest absolute Gasteiger partial charge is 0.375 e. The van der Waals surface area contributed by atoms with Gasteiger partial charge in [0.25, 0.3) is 5.91 Å². The topological polar surface area (TPSA) is 110 Å². The zero-order valence-corrected chi connectivity index (χ0v) is 18.2. The first-order valence-electron chi connectivity index (χ1n) is 10.4. The second kappa shape index (κ2) is 8.80. The van der Waals surface area contributed by atoms with Crippen molar-refractivity contribution in [3.05, 3.63) is 106 Å². The molecule has 4 aromatic rings. The molecule has 0 aliphatic carbocycles. The van der Waals surface area contributed by atoms with E-state index in [1.807, 2.05) is 30.3 Å². The lowest BCUT2D eigenvalue weighted by atomic mass is 9.85. The fourth-order valence-electron chi connectivity index (χ4n) is 3.73. The predicted octanol–water partition coefficient (Wildman–Crippen LogP) is 3.77. The van der Waals surface area contributed by atoms with Gasteiger partial charge in [-0.25, -0.2) is 4.79 Å². The zero-order valence-electron chi connectivity index (χ0n) is 18.2. The van der Waals surface area contributed by atoms with E-state index in [2.05, 4.69) is 10.5 Å². The van der Waals surface area contributed by atoms with Crippen LogP contribution in [-0.2, 0) is 16.8 Å². The molecule has 7 nitrogen and oxygen atoms in total. The van der Waals surface area contributed by atoms with Crippen molar-refractivity contribution in [2.45, 2.75) is 25.9 Å². The van der Waals surface area contributed by atoms with Gasteiger partial charge in [-0.15, -0.1) is 0 Å². The van der Waals surface area contributed by atoms with Gasteiger partial charge < -0.3 is 14.9 Å². The average molecular weight is 442 g/mol. The fraction of sp³-hybridized carbons (Fsp3) is 0.154. The highest BCUT2D eigenvalue weighted by Crippen LogP contribution is 2.29. The van der Waals surface area contributed by atoms with Crippen LogP contribution in [0.5, 0.6) is 0 Å². The molecule has 4 rings (SSSR count). The Labute approximate surface area is 189 Å². The van der Waals surface area contributed by atoms with Gasteiger partial charge in [-0.3, -0.25) is 9.59 Å². The Kier molecular flexibility index (Phi) is 5.89. The van der Waals surface area contributed by atoms with E-state index in [4.69, 9.17) is 4.52 Å². The second-order valence-corrected chi connectivity index (χ2v) is 7.93. The monoisotopic (exact) mass is 442 g/mol. The molecule has 166 valence electrons. The number of Topliss-reactive ketones (excluding diaryl/α,β-unsaturated/α-hetero) is 1. The standard InChI is InChI=1S/C26H22N2O5/c1-16-23-14-21(12-13-22(23)24(30)33-28-16)27-25(31)26(32,15-18-6-4-3-5-7-18)20-10-8-19(9-11-20)17(2)29/h3-14,32H,15H2,1-2H3,(H,27,31). The zero-order chi connectivity index (χ0) is 23.6. The number of benzene rings is 3. The minimum atomic E-state index is -1.91. The van der Waals surface area contributed by atoms with E-state index in [-0.39, 0.29) is 12.2 Å². The summed E-state index contributed by atoms with van der Waals surface area (Å²) in [6.07, 6.45) is 0.0246. The third kappa shape index (κ3) is 4.44. The average Bonchev–Trinajstić information content (AvgIpc) is 2.82. The van der Waals surface area contributed by atoms with Crippen LogP contribution >= 0.6 is 0 Å². The van der Waals surface area contributed by atoms with E-state index in [0.29, 0.717) is 33.3 Å². The summed E-state index contributed by atoms with van der Waals surface area (Å²) in [5, 5.41) is 19.0. The molecule has 1 amide bonds. The number of aliphatic hydroxyl groups is 1. The van der Waals surface area contributed by atoms with Crippen LogP contribution in [0.4, 0.5) is 5.69 Å². The first-order valence-corrected chi connectivity index (χ1v) is 10.4. The molecule has 7 heteroatoms. The van der Waals surface area contributed by atoms with Gasteiger partial charge in [-0.1, -0.05) is 59.8 Å². The number of nitrogens with zero attached hydrogens (tertiary/aromatic N) is 1. The van der Waals surface area contributed by atoms with Crippen molar-refractivity contribution in [3.8, 4) is 0 Å². The SMILES string of the molecule is CC(=O)c1ccc(C(O)(Cc2ccccc2)C(=O)Nc2ccc3c(=O)onc(C)c3c2)cc1. The fourth-order valence-corrected chi connectivity index (χ4v) is 3.73. The predicted molar refractivity (Wildman–Crippen MR) is 124 cm³/mol. The maximum atomic E-state index is 13.4. The van der Waals surface area contributed by atoms with Crippen molar-refractivity contribution >= 4 is 28.2 Å². The molecular weight excluding hydrogens is 420 g/mol. The quantitative estimate of drug-likeness (QED) is 0.440. The van der Waals surface area contributed by atoms with Crippen LogP contribution < -0.4 is 10.9 Å². The molecule has 0 bridgehead atoms. The summed E-state index contributed by atoms with van der Waals surface area (Å²) in [7, 11) is 0. The summed E-state index contributed by atoms with van der Waals surface area (Å²) in [5.41, 5.74) is 0.0245. The Morgan fingerprint density at radius 2 is 1.70 bits per heavy atom. The van der Waals surface area contributed by atoms with Gasteiger partial charge >= 0.3 is 5.63 Å². The Morgan fingerprint density at radius 3 is 2.36 bits per heavy atom. The molecule has 1 heterocycles. The van der Waals surface area contributed by atoms with E-state index in [0.717, 1.165) is 5.56 Å².